The molecule has 2 heterocycles. The predicted molar refractivity (Wildman–Crippen MR) is 89.3 cm³/mol. The summed E-state index contributed by atoms with van der Waals surface area (Å²) in [6.45, 7) is 1.30. The van der Waals surface area contributed by atoms with Gasteiger partial charge in [0.05, 0.1) is 13.1 Å². The van der Waals surface area contributed by atoms with Gasteiger partial charge < -0.3 is 15.0 Å². The van der Waals surface area contributed by atoms with Crippen molar-refractivity contribution in [1.82, 2.24) is 20.0 Å². The Hall–Kier alpha value is -3.16. The van der Waals surface area contributed by atoms with Crippen molar-refractivity contribution in [2.75, 3.05) is 26.2 Å². The van der Waals surface area contributed by atoms with Crippen LogP contribution in [0.3, 0.4) is 0 Å². The molecule has 0 radical (unpaired) electrons. The fraction of sp³-hybridized carbons (Fsp3) is 0.294. The average Bonchev–Trinajstić information content (AvgIpc) is 2.63. The highest BCUT2D eigenvalue weighted by molar-refractivity contribution is 5.95. The number of para-hydroxylation sites is 1. The van der Waals surface area contributed by atoms with Gasteiger partial charge in [0, 0.05) is 19.2 Å². The number of aromatic nitrogens is 2. The monoisotopic (exact) mass is 342 g/mol. The molecule has 0 bridgehead atoms. The molecule has 1 saturated heterocycles. The molecule has 2 amide bonds. The van der Waals surface area contributed by atoms with Gasteiger partial charge in [-0.2, -0.15) is 5.10 Å². The summed E-state index contributed by atoms with van der Waals surface area (Å²) < 4.78 is 6.74. The highest BCUT2D eigenvalue weighted by Gasteiger charge is 2.23. The molecule has 3 rings (SSSR count). The number of benzene rings is 1. The molecule has 1 aromatic carbocycles. The van der Waals surface area contributed by atoms with Crippen LogP contribution in [-0.2, 0) is 11.3 Å². The number of hydrogen-bond donors (Lipinski definition) is 1. The summed E-state index contributed by atoms with van der Waals surface area (Å²) in [5.74, 6) is 0.124. The van der Waals surface area contributed by atoms with Crippen molar-refractivity contribution in [3.8, 4) is 5.75 Å². The molecule has 8 nitrogen and oxygen atoms in total. The molecule has 1 aliphatic heterocycles. The van der Waals surface area contributed by atoms with Crippen molar-refractivity contribution in [1.29, 1.82) is 0 Å². The summed E-state index contributed by atoms with van der Waals surface area (Å²) >= 11 is 0. The first-order valence-electron chi connectivity index (χ1n) is 7.95. The van der Waals surface area contributed by atoms with Crippen molar-refractivity contribution in [2.24, 2.45) is 0 Å². The van der Waals surface area contributed by atoms with E-state index in [0.717, 1.165) is 0 Å². The largest absolute Gasteiger partial charge is 0.492 e. The maximum Gasteiger partial charge on any atom is 0.274 e. The Morgan fingerprint density at radius 1 is 1.16 bits per heavy atom. The van der Waals surface area contributed by atoms with E-state index in [1.807, 2.05) is 30.3 Å². The van der Waals surface area contributed by atoms with Gasteiger partial charge in [-0.05, 0) is 18.2 Å². The van der Waals surface area contributed by atoms with Gasteiger partial charge in [-0.25, -0.2) is 4.68 Å². The van der Waals surface area contributed by atoms with Crippen LogP contribution >= 0.6 is 0 Å². The number of carbonyl (C=O) groups is 2. The summed E-state index contributed by atoms with van der Waals surface area (Å²) in [5.41, 5.74) is -0.182. The van der Waals surface area contributed by atoms with Crippen molar-refractivity contribution >= 4 is 11.8 Å². The highest BCUT2D eigenvalue weighted by Crippen LogP contribution is 2.08. The average molecular weight is 342 g/mol. The van der Waals surface area contributed by atoms with E-state index in [2.05, 4.69) is 10.4 Å². The van der Waals surface area contributed by atoms with Crippen LogP contribution in [0, 0.1) is 0 Å². The van der Waals surface area contributed by atoms with Gasteiger partial charge in [-0.3, -0.25) is 14.4 Å². The minimum absolute atomic E-state index is 0.00322. The molecule has 0 atom stereocenters. The zero-order valence-corrected chi connectivity index (χ0v) is 13.6. The number of hydrogen-bond acceptors (Lipinski definition) is 5. The maximum atomic E-state index is 12.4. The second-order valence-electron chi connectivity index (χ2n) is 5.52. The zero-order chi connectivity index (χ0) is 17.6. The van der Waals surface area contributed by atoms with Gasteiger partial charge in [0.1, 0.15) is 18.1 Å². The number of rotatable bonds is 5. The molecule has 1 N–H and O–H groups in total. The third-order valence-electron chi connectivity index (χ3n) is 3.73. The molecule has 2 aromatic rings. The van der Waals surface area contributed by atoms with Gasteiger partial charge in [-0.15, -0.1) is 0 Å². The summed E-state index contributed by atoms with van der Waals surface area (Å²) in [5, 5.41) is 6.76. The molecule has 1 aromatic heterocycles. The molecule has 0 saturated carbocycles. The number of amides is 2. The van der Waals surface area contributed by atoms with E-state index in [1.165, 1.54) is 21.7 Å². The van der Waals surface area contributed by atoms with Crippen LogP contribution in [0.2, 0.25) is 0 Å². The number of nitrogens with one attached hydrogen (secondary N) is 1. The lowest BCUT2D eigenvalue weighted by atomic mass is 10.3. The summed E-state index contributed by atoms with van der Waals surface area (Å²) in [6.07, 6.45) is 0. The Bertz CT molecular complexity index is 819. The number of nitrogens with zero attached hydrogens (tertiary/aromatic N) is 3. The van der Waals surface area contributed by atoms with E-state index in [9.17, 15) is 14.4 Å². The quantitative estimate of drug-likeness (QED) is 0.819. The topological polar surface area (TPSA) is 93.5 Å². The summed E-state index contributed by atoms with van der Waals surface area (Å²) in [6, 6.07) is 11.9. The van der Waals surface area contributed by atoms with E-state index in [0.29, 0.717) is 18.8 Å². The molecular weight excluding hydrogens is 324 g/mol. The first kappa shape index (κ1) is 16.7. The van der Waals surface area contributed by atoms with Crippen molar-refractivity contribution < 1.29 is 14.3 Å². The summed E-state index contributed by atoms with van der Waals surface area (Å²) in [7, 11) is 0. The predicted octanol–water partition coefficient (Wildman–Crippen LogP) is -0.106. The molecule has 25 heavy (non-hydrogen) atoms. The van der Waals surface area contributed by atoms with Crippen LogP contribution in [0.25, 0.3) is 0 Å². The minimum Gasteiger partial charge on any atom is -0.492 e. The first-order chi connectivity index (χ1) is 12.1. The van der Waals surface area contributed by atoms with Gasteiger partial charge in [-0.1, -0.05) is 18.2 Å². The summed E-state index contributed by atoms with van der Waals surface area (Å²) in [4.78, 5) is 37.2. The lowest BCUT2D eigenvalue weighted by Gasteiger charge is -2.26. The SMILES string of the molecule is O=C1CN(C(=O)c2ccc(=O)n(CCOc3ccccc3)n2)CCN1. The number of ether oxygens (including phenoxy) is 1. The molecule has 0 aliphatic carbocycles. The molecule has 130 valence electrons. The fourth-order valence-corrected chi connectivity index (χ4v) is 2.46. The van der Waals surface area contributed by atoms with Crippen LogP contribution in [0.1, 0.15) is 10.5 Å². The van der Waals surface area contributed by atoms with Crippen molar-refractivity contribution in [3.05, 3.63) is 58.5 Å². The Balaban J connectivity index is 1.66. The van der Waals surface area contributed by atoms with Gasteiger partial charge in [0.2, 0.25) is 5.91 Å². The second-order valence-corrected chi connectivity index (χ2v) is 5.52. The van der Waals surface area contributed by atoms with Crippen molar-refractivity contribution in [3.63, 3.8) is 0 Å². The Morgan fingerprint density at radius 3 is 2.72 bits per heavy atom. The van der Waals surface area contributed by atoms with Gasteiger partial charge in [0.15, 0.2) is 0 Å². The van der Waals surface area contributed by atoms with E-state index in [-0.39, 0.29) is 42.8 Å². The fourth-order valence-electron chi connectivity index (χ4n) is 2.46. The van der Waals surface area contributed by atoms with Crippen LogP contribution in [0.4, 0.5) is 0 Å². The van der Waals surface area contributed by atoms with E-state index >= 15 is 0 Å². The molecule has 1 fully saturated rings. The van der Waals surface area contributed by atoms with Crippen molar-refractivity contribution in [2.45, 2.75) is 6.54 Å². The Kier molecular flexibility index (Phi) is 5.08. The third-order valence-corrected chi connectivity index (χ3v) is 3.73. The second kappa shape index (κ2) is 7.61. The molecular formula is C17H18N4O4. The van der Waals surface area contributed by atoms with Crippen LogP contribution < -0.4 is 15.6 Å². The molecule has 0 unspecified atom stereocenters. The van der Waals surface area contributed by atoms with Crippen LogP contribution in [-0.4, -0.2) is 52.7 Å². The van der Waals surface area contributed by atoms with Crippen LogP contribution in [0.15, 0.2) is 47.3 Å². The first-order valence-corrected chi connectivity index (χ1v) is 7.95. The standard InChI is InChI=1S/C17H18N4O4/c22-15-12-20(9-8-18-15)17(24)14-6-7-16(23)21(19-14)10-11-25-13-4-2-1-3-5-13/h1-7H,8-12H2,(H,18,22). The lowest BCUT2D eigenvalue weighted by Crippen LogP contribution is -2.50. The highest BCUT2D eigenvalue weighted by atomic mass is 16.5. The smallest absolute Gasteiger partial charge is 0.274 e. The number of carbonyl (C=O) groups excluding carboxylic acids is 2. The van der Waals surface area contributed by atoms with Crippen LogP contribution in [0.5, 0.6) is 5.75 Å². The maximum absolute atomic E-state index is 12.4. The zero-order valence-electron chi connectivity index (χ0n) is 13.6. The number of piperazine rings is 1. The van der Waals surface area contributed by atoms with E-state index in [1.54, 1.807) is 0 Å². The van der Waals surface area contributed by atoms with Gasteiger partial charge >= 0.3 is 0 Å². The Morgan fingerprint density at radius 2 is 1.96 bits per heavy atom. The Labute approximate surface area is 144 Å². The molecule has 0 spiro atoms. The third kappa shape index (κ3) is 4.23. The van der Waals surface area contributed by atoms with E-state index in [4.69, 9.17) is 4.74 Å². The van der Waals surface area contributed by atoms with E-state index < -0.39 is 0 Å². The lowest BCUT2D eigenvalue weighted by molar-refractivity contribution is -0.123. The van der Waals surface area contributed by atoms with Gasteiger partial charge in [0.25, 0.3) is 11.5 Å². The minimum atomic E-state index is -0.368. The molecule has 8 heteroatoms. The molecule has 1 aliphatic rings. The normalized spacial score (nSPS) is 14.1.